The Morgan fingerprint density at radius 3 is 2.74 bits per heavy atom. The fraction of sp³-hybridized carbons (Fsp3) is 0.333. The summed E-state index contributed by atoms with van der Waals surface area (Å²) < 4.78 is 7.26. The van der Waals surface area contributed by atoms with E-state index in [-0.39, 0.29) is 0 Å². The molecule has 3 rings (SSSR count). The van der Waals surface area contributed by atoms with E-state index in [0.717, 1.165) is 42.6 Å². The lowest BCUT2D eigenvalue weighted by Gasteiger charge is -2.22. The second-order valence-electron chi connectivity index (χ2n) is 6.39. The quantitative estimate of drug-likeness (QED) is 0.517. The molecule has 1 aromatic carbocycles. The monoisotopic (exact) mass is 365 g/mol. The van der Waals surface area contributed by atoms with Crippen molar-refractivity contribution < 1.29 is 4.74 Å². The average Bonchev–Trinajstić information content (AvgIpc) is 3.10. The molecule has 1 N–H and O–H groups in total. The lowest BCUT2D eigenvalue weighted by atomic mass is 10.2. The number of fused-ring (bicyclic) bond motifs is 1. The smallest absolute Gasteiger partial charge is 0.193 e. The van der Waals surface area contributed by atoms with Gasteiger partial charge >= 0.3 is 0 Å². The highest BCUT2D eigenvalue weighted by molar-refractivity contribution is 5.79. The van der Waals surface area contributed by atoms with Crippen LogP contribution in [0.25, 0.3) is 5.65 Å². The molecule has 0 spiro atoms. The Morgan fingerprint density at radius 1 is 1.22 bits per heavy atom. The van der Waals surface area contributed by atoms with Crippen LogP contribution in [-0.2, 0) is 13.0 Å². The summed E-state index contributed by atoms with van der Waals surface area (Å²) in [4.78, 5) is 11.5. The molecule has 0 amide bonds. The molecule has 0 unspecified atom stereocenters. The molecule has 0 bridgehead atoms. The maximum Gasteiger partial charge on any atom is 0.193 e. The first kappa shape index (κ1) is 18.8. The fourth-order valence-corrected chi connectivity index (χ4v) is 2.93. The zero-order chi connectivity index (χ0) is 19.1. The van der Waals surface area contributed by atoms with Gasteiger partial charge in [0.05, 0.1) is 12.8 Å². The SMILES string of the molecule is CCNC(=NCCc1cn2ccccc2n1)N(C)Cc1ccc(OC)cc1. The molecule has 2 heterocycles. The van der Waals surface area contributed by atoms with Gasteiger partial charge in [0.1, 0.15) is 11.4 Å². The van der Waals surface area contributed by atoms with Gasteiger partial charge in [0.25, 0.3) is 0 Å². The van der Waals surface area contributed by atoms with Gasteiger partial charge in [-0.15, -0.1) is 0 Å². The van der Waals surface area contributed by atoms with E-state index in [2.05, 4.69) is 47.5 Å². The maximum atomic E-state index is 5.22. The molecule has 0 saturated carbocycles. The Balaban J connectivity index is 1.62. The molecule has 3 aromatic rings. The molecule has 0 aliphatic rings. The Labute approximate surface area is 160 Å². The molecule has 0 aliphatic carbocycles. The molecule has 0 fully saturated rings. The zero-order valence-corrected chi connectivity index (χ0v) is 16.2. The number of methoxy groups -OCH3 is 1. The van der Waals surface area contributed by atoms with Gasteiger partial charge in [-0.05, 0) is 36.8 Å². The van der Waals surface area contributed by atoms with Crippen molar-refractivity contribution in [2.45, 2.75) is 19.9 Å². The van der Waals surface area contributed by atoms with Gasteiger partial charge in [-0.1, -0.05) is 18.2 Å². The topological polar surface area (TPSA) is 54.2 Å². The molecule has 0 atom stereocenters. The van der Waals surface area contributed by atoms with Crippen LogP contribution in [0.3, 0.4) is 0 Å². The third kappa shape index (κ3) is 5.00. The first-order valence-electron chi connectivity index (χ1n) is 9.24. The average molecular weight is 365 g/mol. The number of hydrogen-bond acceptors (Lipinski definition) is 3. The molecule has 27 heavy (non-hydrogen) atoms. The molecule has 2 aromatic heterocycles. The van der Waals surface area contributed by atoms with E-state index in [4.69, 9.17) is 9.73 Å². The number of rotatable bonds is 7. The number of nitrogens with one attached hydrogen (secondary N) is 1. The van der Waals surface area contributed by atoms with Crippen molar-refractivity contribution in [3.8, 4) is 5.75 Å². The van der Waals surface area contributed by atoms with Crippen molar-refractivity contribution in [1.82, 2.24) is 19.6 Å². The van der Waals surface area contributed by atoms with E-state index in [1.165, 1.54) is 5.56 Å². The van der Waals surface area contributed by atoms with Gasteiger partial charge in [0.2, 0.25) is 0 Å². The van der Waals surface area contributed by atoms with Crippen LogP contribution in [0.15, 0.2) is 59.9 Å². The molecular weight excluding hydrogens is 338 g/mol. The largest absolute Gasteiger partial charge is 0.497 e. The third-order valence-electron chi connectivity index (χ3n) is 4.32. The van der Waals surface area contributed by atoms with Gasteiger partial charge < -0.3 is 19.4 Å². The first-order chi connectivity index (χ1) is 13.2. The highest BCUT2D eigenvalue weighted by Gasteiger charge is 2.07. The van der Waals surface area contributed by atoms with Crippen LogP contribution in [0.4, 0.5) is 0 Å². The lowest BCUT2D eigenvalue weighted by molar-refractivity contribution is 0.414. The van der Waals surface area contributed by atoms with E-state index >= 15 is 0 Å². The summed E-state index contributed by atoms with van der Waals surface area (Å²) in [6.45, 7) is 4.39. The standard InChI is InChI=1S/C21H27N5O/c1-4-22-21(25(2)15-17-8-10-19(27-3)11-9-17)23-13-12-18-16-26-14-6-5-7-20(26)24-18/h5-11,14,16H,4,12-13,15H2,1-3H3,(H,22,23). The zero-order valence-electron chi connectivity index (χ0n) is 16.2. The Morgan fingerprint density at radius 2 is 2.04 bits per heavy atom. The summed E-state index contributed by atoms with van der Waals surface area (Å²) in [7, 11) is 3.73. The van der Waals surface area contributed by atoms with Gasteiger partial charge in [0.15, 0.2) is 5.96 Å². The van der Waals surface area contributed by atoms with E-state index in [0.29, 0.717) is 6.54 Å². The fourth-order valence-electron chi connectivity index (χ4n) is 2.93. The summed E-state index contributed by atoms with van der Waals surface area (Å²) in [5, 5.41) is 3.36. The van der Waals surface area contributed by atoms with Crippen LogP contribution >= 0.6 is 0 Å². The number of imidazole rings is 1. The van der Waals surface area contributed by atoms with E-state index < -0.39 is 0 Å². The van der Waals surface area contributed by atoms with Crippen molar-refractivity contribution >= 4 is 11.6 Å². The predicted octanol–water partition coefficient (Wildman–Crippen LogP) is 2.98. The number of pyridine rings is 1. The van der Waals surface area contributed by atoms with E-state index in [9.17, 15) is 0 Å². The number of benzene rings is 1. The minimum absolute atomic E-state index is 0.694. The van der Waals surface area contributed by atoms with Crippen molar-refractivity contribution in [3.05, 3.63) is 66.1 Å². The third-order valence-corrected chi connectivity index (χ3v) is 4.32. The molecular formula is C21H27N5O. The minimum Gasteiger partial charge on any atom is -0.497 e. The maximum absolute atomic E-state index is 5.22. The van der Waals surface area contributed by atoms with Crippen LogP contribution in [0.5, 0.6) is 5.75 Å². The molecule has 6 nitrogen and oxygen atoms in total. The number of nitrogens with zero attached hydrogens (tertiary/aromatic N) is 4. The highest BCUT2D eigenvalue weighted by Crippen LogP contribution is 2.12. The second-order valence-corrected chi connectivity index (χ2v) is 6.39. The predicted molar refractivity (Wildman–Crippen MR) is 109 cm³/mol. The van der Waals surface area contributed by atoms with Crippen LogP contribution in [0.1, 0.15) is 18.2 Å². The number of hydrogen-bond donors (Lipinski definition) is 1. The van der Waals surface area contributed by atoms with Crippen molar-refractivity contribution in [2.75, 3.05) is 27.2 Å². The number of aliphatic imine (C=N–C) groups is 1. The highest BCUT2D eigenvalue weighted by atomic mass is 16.5. The van der Waals surface area contributed by atoms with Gasteiger partial charge in [0, 0.05) is 45.5 Å². The molecule has 142 valence electrons. The first-order valence-corrected chi connectivity index (χ1v) is 9.24. The second kappa shape index (κ2) is 9.07. The summed E-state index contributed by atoms with van der Waals surface area (Å²) in [5.74, 6) is 1.77. The molecule has 0 saturated heterocycles. The Bertz CT molecular complexity index is 852. The normalized spacial score (nSPS) is 11.6. The van der Waals surface area contributed by atoms with Crippen molar-refractivity contribution in [1.29, 1.82) is 0 Å². The van der Waals surface area contributed by atoms with Crippen LogP contribution in [0, 0.1) is 0 Å². The summed E-state index contributed by atoms with van der Waals surface area (Å²) >= 11 is 0. The molecule has 6 heteroatoms. The molecule has 0 radical (unpaired) electrons. The number of ether oxygens (including phenoxy) is 1. The van der Waals surface area contributed by atoms with Crippen LogP contribution in [0.2, 0.25) is 0 Å². The van der Waals surface area contributed by atoms with E-state index in [1.54, 1.807) is 7.11 Å². The Hall–Kier alpha value is -3.02. The van der Waals surface area contributed by atoms with E-state index in [1.807, 2.05) is 40.9 Å². The van der Waals surface area contributed by atoms with Crippen molar-refractivity contribution in [3.63, 3.8) is 0 Å². The number of guanidine groups is 1. The summed E-state index contributed by atoms with van der Waals surface area (Å²) in [6, 6.07) is 14.1. The summed E-state index contributed by atoms with van der Waals surface area (Å²) in [6.07, 6.45) is 4.90. The van der Waals surface area contributed by atoms with Crippen LogP contribution in [-0.4, -0.2) is 47.5 Å². The lowest BCUT2D eigenvalue weighted by Crippen LogP contribution is -2.38. The minimum atomic E-state index is 0.694. The Kier molecular flexibility index (Phi) is 6.30. The molecule has 0 aliphatic heterocycles. The van der Waals surface area contributed by atoms with Gasteiger partial charge in [-0.3, -0.25) is 4.99 Å². The van der Waals surface area contributed by atoms with Crippen molar-refractivity contribution in [2.24, 2.45) is 4.99 Å². The van der Waals surface area contributed by atoms with Gasteiger partial charge in [-0.25, -0.2) is 4.98 Å². The number of aromatic nitrogens is 2. The summed E-state index contributed by atoms with van der Waals surface area (Å²) in [5.41, 5.74) is 3.24. The van der Waals surface area contributed by atoms with Crippen LogP contribution < -0.4 is 10.1 Å². The van der Waals surface area contributed by atoms with Gasteiger partial charge in [-0.2, -0.15) is 0 Å².